The topological polar surface area (TPSA) is 110 Å². The first kappa shape index (κ1) is 14.2. The summed E-state index contributed by atoms with van der Waals surface area (Å²) < 4.78 is 4.90. The minimum Gasteiger partial charge on any atom is -0.462 e. The van der Waals surface area contributed by atoms with Crippen LogP contribution in [0.1, 0.15) is 35.8 Å². The van der Waals surface area contributed by atoms with Gasteiger partial charge in [-0.25, -0.2) is 4.79 Å². The van der Waals surface area contributed by atoms with E-state index in [1.54, 1.807) is 13.8 Å². The van der Waals surface area contributed by atoms with E-state index in [9.17, 15) is 9.59 Å². The van der Waals surface area contributed by atoms with Crippen molar-refractivity contribution in [2.45, 2.75) is 26.7 Å². The highest BCUT2D eigenvalue weighted by Crippen LogP contribution is 2.17. The van der Waals surface area contributed by atoms with Crippen LogP contribution in [0.25, 0.3) is 0 Å². The summed E-state index contributed by atoms with van der Waals surface area (Å²) in [6.07, 6.45) is 0.884. The number of nitrogens with zero attached hydrogens (tertiary/aromatic N) is 1. The van der Waals surface area contributed by atoms with Gasteiger partial charge in [0.2, 0.25) is 5.91 Å². The Bertz CT molecular complexity index is 428. The molecule has 1 amide bonds. The number of ether oxygens (including phenoxy) is 1. The smallest absolute Gasteiger partial charge is 0.343 e. The second kappa shape index (κ2) is 6.75. The number of aromatic amines is 1. The lowest BCUT2D eigenvalue weighted by atomic mass is 10.2. The third-order valence-corrected chi connectivity index (χ3v) is 2.29. The molecule has 0 aliphatic rings. The molecule has 4 N–H and O–H groups in total. The minimum atomic E-state index is -0.502. The Morgan fingerprint density at radius 3 is 2.83 bits per heavy atom. The molecule has 0 spiro atoms. The number of nitrogens with two attached hydrogens (primary N) is 1. The molecule has 7 heteroatoms. The maximum atomic E-state index is 11.7. The summed E-state index contributed by atoms with van der Waals surface area (Å²) in [5.41, 5.74) is 6.14. The van der Waals surface area contributed by atoms with E-state index in [0.717, 1.165) is 0 Å². The Kier molecular flexibility index (Phi) is 5.31. The van der Waals surface area contributed by atoms with Crippen molar-refractivity contribution >= 4 is 17.7 Å². The normalized spacial score (nSPS) is 10.2. The average Bonchev–Trinajstić information content (AvgIpc) is 2.68. The first-order valence-electron chi connectivity index (χ1n) is 5.82. The number of rotatable bonds is 6. The van der Waals surface area contributed by atoms with Crippen LogP contribution in [0.2, 0.25) is 0 Å². The number of anilines is 1. The molecule has 100 valence electrons. The van der Waals surface area contributed by atoms with Gasteiger partial charge in [-0.15, -0.1) is 0 Å². The van der Waals surface area contributed by atoms with Crippen LogP contribution in [0.5, 0.6) is 0 Å². The van der Waals surface area contributed by atoms with Gasteiger partial charge in [-0.2, -0.15) is 5.10 Å². The molecule has 0 bridgehead atoms. The number of esters is 1. The molecular formula is C11H18N4O3. The van der Waals surface area contributed by atoms with E-state index in [1.807, 2.05) is 0 Å². The SMILES string of the molecule is CCOC(=O)c1c(NC(=O)CCCN)n[nH]c1C. The maximum Gasteiger partial charge on any atom is 0.343 e. The van der Waals surface area contributed by atoms with Crippen molar-refractivity contribution < 1.29 is 14.3 Å². The van der Waals surface area contributed by atoms with Crippen molar-refractivity contribution in [1.82, 2.24) is 10.2 Å². The number of aromatic nitrogens is 2. The van der Waals surface area contributed by atoms with Crippen LogP contribution in [-0.2, 0) is 9.53 Å². The van der Waals surface area contributed by atoms with Crippen molar-refractivity contribution in [1.29, 1.82) is 0 Å². The Morgan fingerprint density at radius 1 is 1.50 bits per heavy atom. The minimum absolute atomic E-state index is 0.202. The molecule has 1 heterocycles. The molecule has 1 aromatic rings. The van der Waals surface area contributed by atoms with Gasteiger partial charge >= 0.3 is 5.97 Å². The monoisotopic (exact) mass is 254 g/mol. The van der Waals surface area contributed by atoms with Crippen LogP contribution in [0.3, 0.4) is 0 Å². The summed E-state index contributed by atoms with van der Waals surface area (Å²) in [6.45, 7) is 4.11. The van der Waals surface area contributed by atoms with Crippen molar-refractivity contribution in [3.8, 4) is 0 Å². The molecule has 0 aliphatic carbocycles. The van der Waals surface area contributed by atoms with Crippen LogP contribution in [0.15, 0.2) is 0 Å². The highest BCUT2D eigenvalue weighted by Gasteiger charge is 2.20. The number of hydrogen-bond acceptors (Lipinski definition) is 5. The van der Waals surface area contributed by atoms with Gasteiger partial charge in [-0.05, 0) is 26.8 Å². The molecule has 18 heavy (non-hydrogen) atoms. The summed E-state index contributed by atoms with van der Waals surface area (Å²) in [7, 11) is 0. The lowest BCUT2D eigenvalue weighted by Crippen LogP contribution is -2.16. The molecule has 1 aromatic heterocycles. The van der Waals surface area contributed by atoms with Gasteiger partial charge in [-0.1, -0.05) is 0 Å². The Balaban J connectivity index is 2.77. The first-order chi connectivity index (χ1) is 8.60. The van der Waals surface area contributed by atoms with Crippen LogP contribution in [0.4, 0.5) is 5.82 Å². The maximum absolute atomic E-state index is 11.7. The van der Waals surface area contributed by atoms with Crippen LogP contribution < -0.4 is 11.1 Å². The van der Waals surface area contributed by atoms with E-state index in [-0.39, 0.29) is 23.9 Å². The third-order valence-electron chi connectivity index (χ3n) is 2.29. The zero-order valence-electron chi connectivity index (χ0n) is 10.6. The van der Waals surface area contributed by atoms with Crippen molar-refractivity contribution in [3.63, 3.8) is 0 Å². The fourth-order valence-corrected chi connectivity index (χ4v) is 1.43. The van der Waals surface area contributed by atoms with E-state index >= 15 is 0 Å². The molecule has 0 unspecified atom stereocenters. The number of aryl methyl sites for hydroxylation is 1. The second-order valence-corrected chi connectivity index (χ2v) is 3.73. The number of amides is 1. The van der Waals surface area contributed by atoms with E-state index < -0.39 is 5.97 Å². The van der Waals surface area contributed by atoms with E-state index in [4.69, 9.17) is 10.5 Å². The van der Waals surface area contributed by atoms with Crippen LogP contribution >= 0.6 is 0 Å². The zero-order valence-corrected chi connectivity index (χ0v) is 10.6. The van der Waals surface area contributed by atoms with E-state index in [2.05, 4.69) is 15.5 Å². The number of nitrogens with one attached hydrogen (secondary N) is 2. The largest absolute Gasteiger partial charge is 0.462 e. The quantitative estimate of drug-likeness (QED) is 0.643. The van der Waals surface area contributed by atoms with E-state index in [1.165, 1.54) is 0 Å². The van der Waals surface area contributed by atoms with Gasteiger partial charge in [0.15, 0.2) is 5.82 Å². The molecule has 0 saturated carbocycles. The summed E-state index contributed by atoms with van der Waals surface area (Å²) in [5.74, 6) is -0.525. The molecule has 0 aromatic carbocycles. The standard InChI is InChI=1S/C11H18N4O3/c1-3-18-11(17)9-7(2)14-15-10(9)13-8(16)5-4-6-12/h3-6,12H2,1-2H3,(H2,13,14,15,16). The van der Waals surface area contributed by atoms with Gasteiger partial charge < -0.3 is 15.8 Å². The highest BCUT2D eigenvalue weighted by molar-refractivity contribution is 6.00. The summed E-state index contributed by atoms with van der Waals surface area (Å²) >= 11 is 0. The Labute approximate surface area is 105 Å². The van der Waals surface area contributed by atoms with Gasteiger partial charge in [0.25, 0.3) is 0 Å². The second-order valence-electron chi connectivity index (χ2n) is 3.73. The number of hydrogen-bond donors (Lipinski definition) is 3. The molecule has 0 aliphatic heterocycles. The fourth-order valence-electron chi connectivity index (χ4n) is 1.43. The zero-order chi connectivity index (χ0) is 13.5. The highest BCUT2D eigenvalue weighted by atomic mass is 16.5. The summed E-state index contributed by atoms with van der Waals surface area (Å²) in [5, 5.41) is 9.09. The molecular weight excluding hydrogens is 236 g/mol. The van der Waals surface area contributed by atoms with Crippen LogP contribution in [0, 0.1) is 6.92 Å². The number of H-pyrrole nitrogens is 1. The lowest BCUT2D eigenvalue weighted by Gasteiger charge is -2.05. The van der Waals surface area contributed by atoms with Crippen molar-refractivity contribution in [3.05, 3.63) is 11.3 Å². The third kappa shape index (κ3) is 3.56. The van der Waals surface area contributed by atoms with Gasteiger partial charge in [0.05, 0.1) is 6.61 Å². The van der Waals surface area contributed by atoms with Crippen LogP contribution in [-0.4, -0.2) is 35.2 Å². The first-order valence-corrected chi connectivity index (χ1v) is 5.82. The predicted octanol–water partition coefficient (Wildman–Crippen LogP) is 0.572. The predicted molar refractivity (Wildman–Crippen MR) is 66.2 cm³/mol. The number of carbonyl (C=O) groups is 2. The molecule has 0 atom stereocenters. The molecule has 1 rings (SSSR count). The van der Waals surface area contributed by atoms with Gasteiger partial charge in [-0.3, -0.25) is 9.89 Å². The number of carbonyl (C=O) groups excluding carboxylic acids is 2. The summed E-state index contributed by atoms with van der Waals surface area (Å²) in [6, 6.07) is 0. The van der Waals surface area contributed by atoms with Crippen molar-refractivity contribution in [2.75, 3.05) is 18.5 Å². The van der Waals surface area contributed by atoms with Gasteiger partial charge in [0.1, 0.15) is 5.56 Å². The molecule has 0 fully saturated rings. The fraction of sp³-hybridized carbons (Fsp3) is 0.545. The van der Waals surface area contributed by atoms with Gasteiger partial charge in [0, 0.05) is 12.1 Å². The Hall–Kier alpha value is -1.89. The summed E-state index contributed by atoms with van der Waals surface area (Å²) in [4.78, 5) is 23.2. The molecule has 7 nitrogen and oxygen atoms in total. The van der Waals surface area contributed by atoms with Crippen molar-refractivity contribution in [2.24, 2.45) is 5.73 Å². The lowest BCUT2D eigenvalue weighted by molar-refractivity contribution is -0.116. The average molecular weight is 254 g/mol. The molecule has 0 saturated heterocycles. The van der Waals surface area contributed by atoms with E-state index in [0.29, 0.717) is 25.1 Å². The molecule has 0 radical (unpaired) electrons. The Morgan fingerprint density at radius 2 is 2.22 bits per heavy atom.